The van der Waals surface area contributed by atoms with Crippen LogP contribution in [-0.4, -0.2) is 11.9 Å². The van der Waals surface area contributed by atoms with E-state index in [2.05, 4.69) is 55.2 Å². The Kier molecular flexibility index (Phi) is 4.96. The first-order valence-corrected chi connectivity index (χ1v) is 7.77. The number of rotatable bonds is 3. The molecule has 0 atom stereocenters. The van der Waals surface area contributed by atoms with Crippen molar-refractivity contribution in [3.63, 3.8) is 0 Å². The summed E-state index contributed by atoms with van der Waals surface area (Å²) in [5, 5.41) is 8.71. The van der Waals surface area contributed by atoms with Crippen molar-refractivity contribution < 1.29 is 9.84 Å². The second-order valence-corrected chi connectivity index (χ2v) is 5.49. The summed E-state index contributed by atoms with van der Waals surface area (Å²) >= 11 is 0. The SMILES string of the molecule is Cc1ccc(-c2ccc(C#Cc3ccc(OCO)cc3)cc2)cc1. The number of aliphatic hydroxyl groups excluding tert-OH is 1. The second-order valence-electron chi connectivity index (χ2n) is 5.49. The molecule has 3 aromatic rings. The van der Waals surface area contributed by atoms with Crippen molar-refractivity contribution >= 4 is 0 Å². The third-order valence-corrected chi connectivity index (χ3v) is 3.71. The fourth-order valence-corrected chi connectivity index (χ4v) is 2.35. The lowest BCUT2D eigenvalue weighted by atomic mass is 10.0. The van der Waals surface area contributed by atoms with Crippen molar-refractivity contribution in [3.8, 4) is 28.7 Å². The van der Waals surface area contributed by atoms with Gasteiger partial charge in [-0.1, -0.05) is 53.8 Å². The summed E-state index contributed by atoms with van der Waals surface area (Å²) in [7, 11) is 0. The Morgan fingerprint density at radius 2 is 1.17 bits per heavy atom. The summed E-state index contributed by atoms with van der Waals surface area (Å²) in [5.41, 5.74) is 5.53. The van der Waals surface area contributed by atoms with Gasteiger partial charge < -0.3 is 9.84 Å². The molecule has 3 aromatic carbocycles. The molecule has 0 aliphatic heterocycles. The number of hydrogen-bond donors (Lipinski definition) is 1. The zero-order valence-corrected chi connectivity index (χ0v) is 13.5. The van der Waals surface area contributed by atoms with Crippen LogP contribution in [0.15, 0.2) is 72.8 Å². The molecule has 0 bridgehead atoms. The predicted molar refractivity (Wildman–Crippen MR) is 96.8 cm³/mol. The van der Waals surface area contributed by atoms with E-state index in [-0.39, 0.29) is 6.79 Å². The summed E-state index contributed by atoms with van der Waals surface area (Å²) in [5.74, 6) is 6.92. The lowest BCUT2D eigenvalue weighted by Gasteiger charge is -2.02. The fraction of sp³-hybridized carbons (Fsp3) is 0.0909. The zero-order chi connectivity index (χ0) is 16.8. The van der Waals surface area contributed by atoms with Gasteiger partial charge in [-0.05, 0) is 54.4 Å². The van der Waals surface area contributed by atoms with Crippen LogP contribution in [0, 0.1) is 18.8 Å². The highest BCUT2D eigenvalue weighted by Gasteiger charge is 1.97. The molecule has 0 heterocycles. The molecule has 0 spiro atoms. The molecule has 0 aliphatic carbocycles. The van der Waals surface area contributed by atoms with Gasteiger partial charge in [0.15, 0.2) is 6.79 Å². The third-order valence-electron chi connectivity index (χ3n) is 3.71. The van der Waals surface area contributed by atoms with Crippen molar-refractivity contribution in [1.29, 1.82) is 0 Å². The molecule has 0 saturated heterocycles. The van der Waals surface area contributed by atoms with Crippen molar-refractivity contribution in [2.24, 2.45) is 0 Å². The number of ether oxygens (including phenoxy) is 1. The average molecular weight is 314 g/mol. The number of aliphatic hydroxyl groups is 1. The molecule has 24 heavy (non-hydrogen) atoms. The molecular weight excluding hydrogens is 296 g/mol. The minimum Gasteiger partial charge on any atom is -0.468 e. The minimum atomic E-state index is -0.321. The molecule has 2 heteroatoms. The van der Waals surface area contributed by atoms with E-state index in [1.165, 1.54) is 16.7 Å². The van der Waals surface area contributed by atoms with E-state index in [1.807, 2.05) is 24.3 Å². The molecule has 0 radical (unpaired) electrons. The second kappa shape index (κ2) is 7.50. The molecule has 0 amide bonds. The van der Waals surface area contributed by atoms with Gasteiger partial charge in [-0.25, -0.2) is 0 Å². The van der Waals surface area contributed by atoms with Crippen LogP contribution < -0.4 is 4.74 Å². The van der Waals surface area contributed by atoms with E-state index in [9.17, 15) is 0 Å². The topological polar surface area (TPSA) is 29.5 Å². The highest BCUT2D eigenvalue weighted by molar-refractivity contribution is 5.64. The molecule has 3 rings (SSSR count). The molecular formula is C22H18O2. The first kappa shape index (κ1) is 15.9. The Morgan fingerprint density at radius 3 is 1.67 bits per heavy atom. The molecule has 2 nitrogen and oxygen atoms in total. The minimum absolute atomic E-state index is 0.321. The van der Waals surface area contributed by atoms with Gasteiger partial charge in [0.2, 0.25) is 0 Å². The molecule has 0 aliphatic rings. The van der Waals surface area contributed by atoms with Gasteiger partial charge in [0.1, 0.15) is 5.75 Å². The molecule has 0 unspecified atom stereocenters. The van der Waals surface area contributed by atoms with Crippen LogP contribution in [-0.2, 0) is 0 Å². The van der Waals surface area contributed by atoms with Gasteiger partial charge in [0.25, 0.3) is 0 Å². The molecule has 0 saturated carbocycles. The quantitative estimate of drug-likeness (QED) is 0.574. The standard InChI is InChI=1S/C22H18O2/c1-17-2-10-20(11-3-17)21-12-6-18(7-13-21)4-5-19-8-14-22(15-9-19)24-16-23/h2-3,6-15,23H,16H2,1H3. The normalized spacial score (nSPS) is 9.92. The maximum atomic E-state index is 8.71. The van der Waals surface area contributed by atoms with Crippen molar-refractivity contribution in [1.82, 2.24) is 0 Å². The highest BCUT2D eigenvalue weighted by Crippen LogP contribution is 2.20. The molecule has 0 fully saturated rings. The van der Waals surface area contributed by atoms with Crippen LogP contribution in [0.25, 0.3) is 11.1 Å². The van der Waals surface area contributed by atoms with Crippen molar-refractivity contribution in [3.05, 3.63) is 89.5 Å². The van der Waals surface area contributed by atoms with E-state index in [0.717, 1.165) is 11.1 Å². The molecule has 118 valence electrons. The Hall–Kier alpha value is -3.02. The maximum absolute atomic E-state index is 8.71. The van der Waals surface area contributed by atoms with Crippen LogP contribution in [0.1, 0.15) is 16.7 Å². The summed E-state index contributed by atoms with van der Waals surface area (Å²) in [4.78, 5) is 0. The summed E-state index contributed by atoms with van der Waals surface area (Å²) in [6.07, 6.45) is 0. The van der Waals surface area contributed by atoms with Crippen LogP contribution in [0.3, 0.4) is 0 Å². The van der Waals surface area contributed by atoms with E-state index < -0.39 is 0 Å². The summed E-state index contributed by atoms with van der Waals surface area (Å²) in [6, 6.07) is 24.1. The highest BCUT2D eigenvalue weighted by atomic mass is 16.6. The maximum Gasteiger partial charge on any atom is 0.186 e. The smallest absolute Gasteiger partial charge is 0.186 e. The van der Waals surface area contributed by atoms with Gasteiger partial charge in [0, 0.05) is 11.1 Å². The first-order valence-electron chi connectivity index (χ1n) is 7.77. The van der Waals surface area contributed by atoms with E-state index >= 15 is 0 Å². The Bertz CT molecular complexity index is 849. The largest absolute Gasteiger partial charge is 0.468 e. The predicted octanol–water partition coefficient (Wildman–Crippen LogP) is 4.39. The third kappa shape index (κ3) is 4.04. The van der Waals surface area contributed by atoms with Gasteiger partial charge in [0.05, 0.1) is 0 Å². The molecule has 0 aromatic heterocycles. The van der Waals surface area contributed by atoms with Crippen molar-refractivity contribution in [2.45, 2.75) is 6.92 Å². The van der Waals surface area contributed by atoms with Gasteiger partial charge in [-0.3, -0.25) is 0 Å². The number of hydrogen-bond acceptors (Lipinski definition) is 2. The number of aryl methyl sites for hydroxylation is 1. The number of benzene rings is 3. The van der Waals surface area contributed by atoms with E-state index in [1.54, 1.807) is 12.1 Å². The van der Waals surface area contributed by atoms with Crippen LogP contribution in [0.4, 0.5) is 0 Å². The lowest BCUT2D eigenvalue weighted by molar-refractivity contribution is 0.0985. The van der Waals surface area contributed by atoms with E-state index in [0.29, 0.717) is 5.75 Å². The van der Waals surface area contributed by atoms with Crippen LogP contribution >= 0.6 is 0 Å². The van der Waals surface area contributed by atoms with Crippen LogP contribution in [0.5, 0.6) is 5.75 Å². The van der Waals surface area contributed by atoms with Gasteiger partial charge in [-0.2, -0.15) is 0 Å². The fourth-order valence-electron chi connectivity index (χ4n) is 2.35. The van der Waals surface area contributed by atoms with E-state index in [4.69, 9.17) is 9.84 Å². The Labute approximate surface area is 142 Å². The van der Waals surface area contributed by atoms with Gasteiger partial charge in [-0.15, -0.1) is 0 Å². The first-order chi connectivity index (χ1) is 11.7. The zero-order valence-electron chi connectivity index (χ0n) is 13.5. The van der Waals surface area contributed by atoms with Crippen LogP contribution in [0.2, 0.25) is 0 Å². The Morgan fingerprint density at radius 1 is 0.708 bits per heavy atom. The Balaban J connectivity index is 1.73. The summed E-state index contributed by atoms with van der Waals surface area (Å²) < 4.78 is 4.99. The van der Waals surface area contributed by atoms with Crippen molar-refractivity contribution in [2.75, 3.05) is 6.79 Å². The molecule has 1 N–H and O–H groups in total. The van der Waals surface area contributed by atoms with Gasteiger partial charge >= 0.3 is 0 Å². The lowest BCUT2D eigenvalue weighted by Crippen LogP contribution is -1.93. The monoisotopic (exact) mass is 314 g/mol. The summed E-state index contributed by atoms with van der Waals surface area (Å²) in [6.45, 7) is 1.77. The average Bonchev–Trinajstić information content (AvgIpc) is 2.63.